The number of hydrogen-bond acceptors (Lipinski definition) is 5. The summed E-state index contributed by atoms with van der Waals surface area (Å²) in [6.07, 6.45) is 0.609. The molecule has 0 spiro atoms. The summed E-state index contributed by atoms with van der Waals surface area (Å²) < 4.78 is 5.01. The van der Waals surface area contributed by atoms with Gasteiger partial charge in [-0.1, -0.05) is 0 Å². The molecule has 0 aliphatic carbocycles. The van der Waals surface area contributed by atoms with Crippen LogP contribution in [0.2, 0.25) is 0 Å². The second kappa shape index (κ2) is 5.03. The van der Waals surface area contributed by atoms with Crippen LogP contribution in [0.4, 0.5) is 4.79 Å². The van der Waals surface area contributed by atoms with Crippen LogP contribution in [0.3, 0.4) is 0 Å². The predicted octanol–water partition coefficient (Wildman–Crippen LogP) is 0.327. The highest BCUT2D eigenvalue weighted by Gasteiger charge is 2.21. The second-order valence-corrected chi connectivity index (χ2v) is 4.70. The monoisotopic (exact) mass is 255 g/mol. The molecule has 100 valence electrons. The predicted molar refractivity (Wildman–Crippen MR) is 62.5 cm³/mol. The molecule has 1 aromatic heterocycles. The van der Waals surface area contributed by atoms with Crippen molar-refractivity contribution >= 4 is 12.0 Å². The van der Waals surface area contributed by atoms with Crippen molar-refractivity contribution in [2.75, 3.05) is 7.05 Å². The lowest BCUT2D eigenvalue weighted by Gasteiger charge is -2.22. The van der Waals surface area contributed by atoms with Gasteiger partial charge in [-0.15, -0.1) is 5.10 Å². The van der Waals surface area contributed by atoms with Crippen molar-refractivity contribution in [1.29, 1.82) is 0 Å². The zero-order valence-corrected chi connectivity index (χ0v) is 11.1. The first-order valence-corrected chi connectivity index (χ1v) is 5.33. The second-order valence-electron chi connectivity index (χ2n) is 4.70. The molecule has 1 heterocycles. The fourth-order valence-corrected chi connectivity index (χ4v) is 1.10. The van der Waals surface area contributed by atoms with Crippen LogP contribution in [0, 0.1) is 0 Å². The minimum atomic E-state index is -0.706. The summed E-state index contributed by atoms with van der Waals surface area (Å²) in [5, 5.41) is 8.61. The van der Waals surface area contributed by atoms with E-state index in [0.29, 0.717) is 0 Å². The van der Waals surface area contributed by atoms with Gasteiger partial charge in [-0.05, 0) is 20.8 Å². The van der Waals surface area contributed by atoms with Crippen molar-refractivity contribution in [3.05, 3.63) is 11.9 Å². The number of rotatable bonds is 1. The van der Waals surface area contributed by atoms with Gasteiger partial charge >= 0.3 is 6.09 Å². The molecule has 0 unspecified atom stereocenters. The number of amides is 2. The Morgan fingerprint density at radius 2 is 2.06 bits per heavy atom. The lowest BCUT2D eigenvalue weighted by molar-refractivity contribution is 0.0333. The summed E-state index contributed by atoms with van der Waals surface area (Å²) in [4.78, 5) is 24.5. The Kier molecular flexibility index (Phi) is 3.89. The van der Waals surface area contributed by atoms with Crippen molar-refractivity contribution in [1.82, 2.24) is 25.4 Å². The third kappa shape index (κ3) is 4.04. The van der Waals surface area contributed by atoms with Gasteiger partial charge in [-0.3, -0.25) is 4.79 Å². The van der Waals surface area contributed by atoms with Gasteiger partial charge in [0.2, 0.25) is 0 Å². The number of aromatic nitrogens is 3. The van der Waals surface area contributed by atoms with E-state index in [2.05, 4.69) is 15.6 Å². The van der Waals surface area contributed by atoms with Crippen LogP contribution >= 0.6 is 0 Å². The maximum absolute atomic E-state index is 11.8. The Morgan fingerprint density at radius 3 is 2.50 bits per heavy atom. The Balaban J connectivity index is 2.58. The number of nitrogens with zero attached hydrogens (tertiary/aromatic N) is 4. The number of carbonyl (C=O) groups excluding carboxylic acids is 2. The summed E-state index contributed by atoms with van der Waals surface area (Å²) in [6, 6.07) is 0. The minimum absolute atomic E-state index is 0.135. The average Bonchev–Trinajstić information content (AvgIpc) is 2.60. The largest absolute Gasteiger partial charge is 0.443 e. The van der Waals surface area contributed by atoms with Crippen LogP contribution in [0.5, 0.6) is 0 Å². The molecular weight excluding hydrogens is 238 g/mol. The smallest absolute Gasteiger partial charge is 0.426 e. The molecule has 0 aliphatic rings. The van der Waals surface area contributed by atoms with Crippen LogP contribution in [-0.2, 0) is 11.8 Å². The first-order chi connectivity index (χ1) is 8.19. The van der Waals surface area contributed by atoms with Gasteiger partial charge in [0.05, 0.1) is 6.20 Å². The molecule has 0 bridgehead atoms. The Labute approximate surface area is 105 Å². The van der Waals surface area contributed by atoms with Crippen molar-refractivity contribution in [3.8, 4) is 0 Å². The summed E-state index contributed by atoms with van der Waals surface area (Å²) in [6.45, 7) is 5.20. The summed E-state index contributed by atoms with van der Waals surface area (Å²) in [5.41, 5.74) is 1.80. The highest BCUT2D eigenvalue weighted by molar-refractivity contribution is 5.92. The SMILES string of the molecule is CN(NC(=O)OC(C)(C)C)C(=O)c1cnn(C)n1. The summed E-state index contributed by atoms with van der Waals surface area (Å²) in [7, 11) is 3.00. The Hall–Kier alpha value is -2.12. The molecule has 1 aromatic rings. The van der Waals surface area contributed by atoms with E-state index in [1.165, 1.54) is 18.0 Å². The van der Waals surface area contributed by atoms with Crippen LogP contribution in [-0.4, -0.2) is 44.7 Å². The number of ether oxygens (including phenoxy) is 1. The van der Waals surface area contributed by atoms with Crippen LogP contribution < -0.4 is 5.43 Å². The molecule has 0 saturated carbocycles. The molecule has 0 aliphatic heterocycles. The van der Waals surface area contributed by atoms with E-state index in [-0.39, 0.29) is 5.69 Å². The summed E-state index contributed by atoms with van der Waals surface area (Å²) >= 11 is 0. The number of nitrogens with one attached hydrogen (secondary N) is 1. The lowest BCUT2D eigenvalue weighted by atomic mass is 10.2. The highest BCUT2D eigenvalue weighted by Crippen LogP contribution is 2.06. The fraction of sp³-hybridized carbons (Fsp3) is 0.600. The van der Waals surface area contributed by atoms with E-state index in [4.69, 9.17) is 4.74 Å². The van der Waals surface area contributed by atoms with Crippen molar-refractivity contribution in [2.45, 2.75) is 26.4 Å². The standard InChI is InChI=1S/C10H17N5O3/c1-10(2,3)18-9(17)13-14(4)8(16)7-6-11-15(5)12-7/h6H,1-5H3,(H,13,17). The molecule has 0 radical (unpaired) electrons. The van der Waals surface area contributed by atoms with Gasteiger partial charge in [0, 0.05) is 14.1 Å². The number of hydrazine groups is 1. The quantitative estimate of drug-likeness (QED) is 0.730. The Bertz CT molecular complexity index is 449. The number of carbonyl (C=O) groups is 2. The normalized spacial score (nSPS) is 10.9. The molecule has 0 fully saturated rings. The molecule has 0 atom stereocenters. The third-order valence-corrected chi connectivity index (χ3v) is 1.78. The van der Waals surface area contributed by atoms with Crippen LogP contribution in [0.15, 0.2) is 6.20 Å². The van der Waals surface area contributed by atoms with Crippen molar-refractivity contribution in [3.63, 3.8) is 0 Å². The van der Waals surface area contributed by atoms with Crippen molar-refractivity contribution < 1.29 is 14.3 Å². The fourth-order valence-electron chi connectivity index (χ4n) is 1.10. The molecule has 1 N–H and O–H groups in total. The molecule has 8 heteroatoms. The van der Waals surface area contributed by atoms with Crippen LogP contribution in [0.1, 0.15) is 31.3 Å². The highest BCUT2D eigenvalue weighted by atomic mass is 16.6. The first kappa shape index (κ1) is 13.9. The number of hydrogen-bond donors (Lipinski definition) is 1. The molecule has 1 rings (SSSR count). The molecule has 18 heavy (non-hydrogen) atoms. The molecular formula is C10H17N5O3. The van der Waals surface area contributed by atoms with E-state index >= 15 is 0 Å². The van der Waals surface area contributed by atoms with E-state index in [0.717, 1.165) is 5.01 Å². The minimum Gasteiger partial charge on any atom is -0.443 e. The first-order valence-electron chi connectivity index (χ1n) is 5.33. The van der Waals surface area contributed by atoms with E-state index < -0.39 is 17.6 Å². The van der Waals surface area contributed by atoms with Gasteiger partial charge < -0.3 is 4.74 Å². The van der Waals surface area contributed by atoms with Crippen LogP contribution in [0.25, 0.3) is 0 Å². The van der Waals surface area contributed by atoms with Crippen molar-refractivity contribution in [2.24, 2.45) is 7.05 Å². The summed E-state index contributed by atoms with van der Waals surface area (Å²) in [5.74, 6) is -0.478. The maximum atomic E-state index is 11.8. The van der Waals surface area contributed by atoms with Gasteiger partial charge in [-0.2, -0.15) is 9.90 Å². The third-order valence-electron chi connectivity index (χ3n) is 1.78. The molecule has 0 aromatic carbocycles. The molecule has 2 amide bonds. The molecule has 8 nitrogen and oxygen atoms in total. The Morgan fingerprint density at radius 1 is 1.44 bits per heavy atom. The van der Waals surface area contributed by atoms with Gasteiger partial charge in [0.15, 0.2) is 5.69 Å². The number of aryl methyl sites for hydroxylation is 1. The van der Waals surface area contributed by atoms with Gasteiger partial charge in [-0.25, -0.2) is 15.2 Å². The average molecular weight is 255 g/mol. The van der Waals surface area contributed by atoms with Gasteiger partial charge in [0.1, 0.15) is 5.60 Å². The van der Waals surface area contributed by atoms with Gasteiger partial charge in [0.25, 0.3) is 5.91 Å². The zero-order chi connectivity index (χ0) is 13.9. The topological polar surface area (TPSA) is 89.4 Å². The zero-order valence-electron chi connectivity index (χ0n) is 11.1. The van der Waals surface area contributed by atoms with E-state index in [9.17, 15) is 9.59 Å². The maximum Gasteiger partial charge on any atom is 0.426 e. The molecule has 0 saturated heterocycles. The van der Waals surface area contributed by atoms with E-state index in [1.807, 2.05) is 0 Å². The lowest BCUT2D eigenvalue weighted by Crippen LogP contribution is -2.45. The van der Waals surface area contributed by atoms with E-state index in [1.54, 1.807) is 27.8 Å².